The van der Waals surface area contributed by atoms with Gasteiger partial charge >= 0.3 is 0 Å². The van der Waals surface area contributed by atoms with Crippen LogP contribution in [0.4, 0.5) is 4.39 Å². The van der Waals surface area contributed by atoms with E-state index < -0.39 is 0 Å². The van der Waals surface area contributed by atoms with E-state index in [2.05, 4.69) is 72.2 Å². The molecule has 36 heavy (non-hydrogen) atoms. The Hall–Kier alpha value is -4.62. The molecule has 0 saturated heterocycles. The lowest BCUT2D eigenvalue weighted by atomic mass is 10.0. The van der Waals surface area contributed by atoms with Gasteiger partial charge < -0.3 is 9.13 Å². The molecule has 172 valence electrons. The summed E-state index contributed by atoms with van der Waals surface area (Å²) in [6.45, 7) is 2.25. The minimum atomic E-state index is -0.300. The predicted octanol–water partition coefficient (Wildman–Crippen LogP) is 6.34. The van der Waals surface area contributed by atoms with Gasteiger partial charge in [0.25, 0.3) is 0 Å². The first-order valence-corrected chi connectivity index (χ1v) is 12.2. The average molecular weight is 468 g/mol. The monoisotopic (exact) mass is 467 g/mol. The van der Waals surface area contributed by atoms with Crippen LogP contribution in [0.25, 0.3) is 56.2 Å². The van der Waals surface area contributed by atoms with Crippen molar-refractivity contribution in [2.75, 3.05) is 0 Å². The molecule has 4 aromatic carbocycles. The Morgan fingerprint density at radius 3 is 2.42 bits per heavy atom. The zero-order valence-electron chi connectivity index (χ0n) is 19.7. The molecule has 0 aliphatic heterocycles. The van der Waals surface area contributed by atoms with Gasteiger partial charge in [-0.25, -0.2) is 4.39 Å². The highest BCUT2D eigenvalue weighted by atomic mass is 19.1. The number of fused-ring (bicyclic) bond motifs is 6. The van der Waals surface area contributed by atoms with Crippen molar-refractivity contribution in [1.82, 2.24) is 9.13 Å². The third-order valence-corrected chi connectivity index (χ3v) is 7.32. The highest BCUT2D eigenvalue weighted by Crippen LogP contribution is 2.35. The molecule has 1 atom stereocenters. The molecule has 0 amide bonds. The number of aromatic nitrogens is 2. The Labute approximate surface area is 207 Å². The highest BCUT2D eigenvalue weighted by molar-refractivity contribution is 6.10. The molecule has 0 spiro atoms. The molecule has 7 rings (SSSR count). The van der Waals surface area contributed by atoms with Crippen molar-refractivity contribution in [2.45, 2.75) is 13.3 Å². The van der Waals surface area contributed by atoms with Gasteiger partial charge in [-0.3, -0.25) is 0 Å². The first-order chi connectivity index (χ1) is 17.6. The van der Waals surface area contributed by atoms with Gasteiger partial charge in [0.2, 0.25) is 0 Å². The second-order valence-electron chi connectivity index (χ2n) is 9.56. The molecule has 1 aliphatic rings. The number of hydrogen-bond acceptors (Lipinski definition) is 1. The first-order valence-electron chi connectivity index (χ1n) is 12.2. The Morgan fingerprint density at radius 2 is 1.56 bits per heavy atom. The fourth-order valence-electron chi connectivity index (χ4n) is 5.72. The summed E-state index contributed by atoms with van der Waals surface area (Å²) in [5.41, 5.74) is 5.18. The van der Waals surface area contributed by atoms with Crippen molar-refractivity contribution in [3.63, 3.8) is 0 Å². The quantitative estimate of drug-likeness (QED) is 0.293. The summed E-state index contributed by atoms with van der Waals surface area (Å²) in [5.74, 6) is 0.159. The number of rotatable bonds is 2. The van der Waals surface area contributed by atoms with E-state index in [4.69, 9.17) is 0 Å². The van der Waals surface area contributed by atoms with Crippen LogP contribution in [0.2, 0.25) is 0 Å². The number of para-hydroxylation sites is 2. The molecule has 1 aliphatic carbocycles. The van der Waals surface area contributed by atoms with Gasteiger partial charge in [0.05, 0.1) is 33.2 Å². The van der Waals surface area contributed by atoms with Gasteiger partial charge in [0.1, 0.15) is 11.9 Å². The maximum Gasteiger partial charge on any atom is 0.125 e. The van der Waals surface area contributed by atoms with Crippen LogP contribution in [-0.2, 0) is 0 Å². The van der Waals surface area contributed by atoms with Crippen LogP contribution in [0.3, 0.4) is 0 Å². The van der Waals surface area contributed by atoms with E-state index in [0.717, 1.165) is 45.1 Å². The molecule has 4 heteroatoms. The fourth-order valence-corrected chi connectivity index (χ4v) is 5.72. The van der Waals surface area contributed by atoms with Gasteiger partial charge in [0.15, 0.2) is 0 Å². The van der Waals surface area contributed by atoms with E-state index in [9.17, 15) is 9.65 Å². The third-order valence-electron chi connectivity index (χ3n) is 7.32. The molecule has 0 fully saturated rings. The Bertz CT molecular complexity index is 2020. The molecular formula is C32H22FN3. The lowest BCUT2D eigenvalue weighted by Gasteiger charge is -2.13. The molecule has 0 bridgehead atoms. The minimum Gasteiger partial charge on any atom is -0.309 e. The predicted molar refractivity (Wildman–Crippen MR) is 144 cm³/mol. The highest BCUT2D eigenvalue weighted by Gasteiger charge is 2.18. The van der Waals surface area contributed by atoms with E-state index >= 15 is 0 Å². The number of benzene rings is 4. The molecule has 3 nitrogen and oxygen atoms in total. The maximum absolute atomic E-state index is 14.5. The lowest BCUT2D eigenvalue weighted by Crippen LogP contribution is -2.31. The molecule has 1 unspecified atom stereocenters. The Kier molecular flexibility index (Phi) is 4.43. The van der Waals surface area contributed by atoms with Gasteiger partial charge in [-0.2, -0.15) is 5.26 Å². The topological polar surface area (TPSA) is 33.6 Å². The molecule has 0 saturated carbocycles. The van der Waals surface area contributed by atoms with Crippen LogP contribution >= 0.6 is 0 Å². The molecule has 0 N–H and O–H groups in total. The smallest absolute Gasteiger partial charge is 0.125 e. The molecule has 6 aromatic rings. The third kappa shape index (κ3) is 2.90. The van der Waals surface area contributed by atoms with Gasteiger partial charge in [-0.15, -0.1) is 0 Å². The lowest BCUT2D eigenvalue weighted by molar-refractivity contribution is 0.629. The summed E-state index contributed by atoms with van der Waals surface area (Å²) in [7, 11) is 0. The standard InChI is InChI=1S/C32H22FN3/c1-20-10-13-25-24-7-3-5-9-29(24)35(30(25)16-20)23-12-15-27-26-14-11-22(33)17-31(26)36(32(27)18-23)28-8-4-2-6-21(28)19-34/h2-9,11-18,20H,10H2,1H3. The second kappa shape index (κ2) is 7.69. The van der Waals surface area contributed by atoms with Crippen molar-refractivity contribution < 1.29 is 4.39 Å². The van der Waals surface area contributed by atoms with Gasteiger partial charge in [-0.1, -0.05) is 55.5 Å². The van der Waals surface area contributed by atoms with Crippen LogP contribution in [-0.4, -0.2) is 9.13 Å². The summed E-state index contributed by atoms with van der Waals surface area (Å²) in [4.78, 5) is 0. The van der Waals surface area contributed by atoms with Crippen LogP contribution < -0.4 is 10.6 Å². The van der Waals surface area contributed by atoms with Crippen LogP contribution in [0, 0.1) is 23.1 Å². The van der Waals surface area contributed by atoms with E-state index in [0.29, 0.717) is 11.5 Å². The summed E-state index contributed by atoms with van der Waals surface area (Å²) < 4.78 is 18.8. The maximum atomic E-state index is 14.5. The van der Waals surface area contributed by atoms with E-state index in [1.807, 2.05) is 28.8 Å². The van der Waals surface area contributed by atoms with Crippen LogP contribution in [0.5, 0.6) is 0 Å². The summed E-state index contributed by atoms with van der Waals surface area (Å²) >= 11 is 0. The van der Waals surface area contributed by atoms with Crippen molar-refractivity contribution >= 4 is 44.9 Å². The molecule has 2 heterocycles. The first kappa shape index (κ1) is 20.7. The Morgan fingerprint density at radius 1 is 0.806 bits per heavy atom. The van der Waals surface area contributed by atoms with Crippen LogP contribution in [0.1, 0.15) is 18.9 Å². The summed E-state index contributed by atoms with van der Waals surface area (Å²) in [6, 6.07) is 29.6. The number of halogens is 1. The van der Waals surface area contributed by atoms with Crippen molar-refractivity contribution in [1.29, 1.82) is 5.26 Å². The molecular weight excluding hydrogens is 445 g/mol. The van der Waals surface area contributed by atoms with E-state index in [1.54, 1.807) is 12.1 Å². The number of nitrogens with zero attached hydrogens (tertiary/aromatic N) is 3. The largest absolute Gasteiger partial charge is 0.309 e. The van der Waals surface area contributed by atoms with Crippen molar-refractivity contribution in [2.24, 2.45) is 5.92 Å². The SMILES string of the molecule is CC1C=c2c(c3ccccc3n2-c2ccc3c4ccc(F)cc4n(-c4ccccc4C#N)c3c2)=CC1. The number of nitriles is 1. The number of hydrogen-bond donors (Lipinski definition) is 0. The Balaban J connectivity index is 1.63. The summed E-state index contributed by atoms with van der Waals surface area (Å²) in [6.07, 6.45) is 5.74. The average Bonchev–Trinajstić information content (AvgIpc) is 3.39. The normalized spacial score (nSPS) is 15.0. The van der Waals surface area contributed by atoms with Crippen LogP contribution in [0.15, 0.2) is 84.9 Å². The zero-order valence-corrected chi connectivity index (χ0v) is 19.7. The second-order valence-corrected chi connectivity index (χ2v) is 9.56. The van der Waals surface area contributed by atoms with Gasteiger partial charge in [0, 0.05) is 27.1 Å². The van der Waals surface area contributed by atoms with Crippen molar-refractivity contribution in [3.05, 3.63) is 107 Å². The summed E-state index contributed by atoms with van der Waals surface area (Å²) in [5, 5.41) is 15.6. The van der Waals surface area contributed by atoms with E-state index in [1.165, 1.54) is 22.0 Å². The van der Waals surface area contributed by atoms with Crippen molar-refractivity contribution in [3.8, 4) is 17.4 Å². The zero-order chi connectivity index (χ0) is 24.4. The van der Waals surface area contributed by atoms with Gasteiger partial charge in [-0.05, 0) is 60.9 Å². The fraction of sp³-hybridized carbons (Fsp3) is 0.0938. The molecule has 0 radical (unpaired) electrons. The molecule has 2 aromatic heterocycles. The minimum absolute atomic E-state index is 0.300. The van der Waals surface area contributed by atoms with E-state index in [-0.39, 0.29) is 5.82 Å².